The van der Waals surface area contributed by atoms with Crippen LogP contribution in [-0.4, -0.2) is 16.8 Å². The maximum atomic E-state index is 11.4. The first-order valence-corrected chi connectivity index (χ1v) is 5.26. The molecule has 78 valence electrons. The van der Waals surface area contributed by atoms with Crippen molar-refractivity contribution < 1.29 is 4.79 Å². The average molecular weight is 206 g/mol. The minimum atomic E-state index is -0.376. The van der Waals surface area contributed by atoms with Gasteiger partial charge in [0.2, 0.25) is 5.91 Å². The van der Waals surface area contributed by atoms with E-state index in [1.165, 1.54) is 0 Å². The molecule has 1 N–H and O–H groups in total. The Balaban J connectivity index is 3.83. The van der Waals surface area contributed by atoms with Crippen LogP contribution in [0.2, 0.25) is 0 Å². The molecule has 0 fully saturated rings. The Morgan fingerprint density at radius 1 is 1.46 bits per heavy atom. The van der Waals surface area contributed by atoms with Crippen molar-refractivity contribution in [3.63, 3.8) is 0 Å². The van der Waals surface area contributed by atoms with Crippen LogP contribution in [0.15, 0.2) is 0 Å². The van der Waals surface area contributed by atoms with Crippen molar-refractivity contribution >= 4 is 17.5 Å². The zero-order valence-corrected chi connectivity index (χ0v) is 9.74. The van der Waals surface area contributed by atoms with Gasteiger partial charge in [0.25, 0.3) is 0 Å². The lowest BCUT2D eigenvalue weighted by molar-refractivity contribution is -0.122. The van der Waals surface area contributed by atoms with E-state index >= 15 is 0 Å². The van der Waals surface area contributed by atoms with Crippen molar-refractivity contribution in [1.82, 2.24) is 5.32 Å². The van der Waals surface area contributed by atoms with Crippen LogP contribution in [-0.2, 0) is 4.79 Å². The van der Waals surface area contributed by atoms with Crippen molar-refractivity contribution in [1.29, 1.82) is 0 Å². The molecule has 13 heavy (non-hydrogen) atoms. The van der Waals surface area contributed by atoms with Crippen LogP contribution in [0, 0.1) is 0 Å². The molecular formula is C10H20ClNO. The summed E-state index contributed by atoms with van der Waals surface area (Å²) in [7, 11) is 0. The van der Waals surface area contributed by atoms with Crippen molar-refractivity contribution in [3.05, 3.63) is 0 Å². The second-order valence-corrected chi connectivity index (χ2v) is 4.88. The van der Waals surface area contributed by atoms with E-state index in [1.54, 1.807) is 0 Å². The normalized spacial score (nSPS) is 13.9. The molecule has 1 unspecified atom stereocenters. The smallest absolute Gasteiger partial charge is 0.238 e. The van der Waals surface area contributed by atoms with Crippen LogP contribution in [0.3, 0.4) is 0 Å². The zero-order chi connectivity index (χ0) is 10.5. The summed E-state index contributed by atoms with van der Waals surface area (Å²) in [6.07, 6.45) is 2.84. The second kappa shape index (κ2) is 5.48. The van der Waals surface area contributed by atoms with Crippen molar-refractivity contribution in [2.45, 2.75) is 57.9 Å². The van der Waals surface area contributed by atoms with E-state index in [9.17, 15) is 4.79 Å². The highest BCUT2D eigenvalue weighted by Crippen LogP contribution is 2.09. The highest BCUT2D eigenvalue weighted by molar-refractivity contribution is 6.30. The van der Waals surface area contributed by atoms with Gasteiger partial charge in [0.05, 0.1) is 0 Å². The molecule has 0 saturated carbocycles. The van der Waals surface area contributed by atoms with Crippen molar-refractivity contribution in [3.8, 4) is 0 Å². The third-order valence-electron chi connectivity index (χ3n) is 1.59. The SMILES string of the molecule is CCCCC(Cl)C(=O)NC(C)(C)C. The Morgan fingerprint density at radius 3 is 2.38 bits per heavy atom. The number of amides is 1. The van der Waals surface area contributed by atoms with Gasteiger partial charge in [0, 0.05) is 5.54 Å². The molecule has 0 aliphatic heterocycles. The molecule has 1 atom stereocenters. The first-order valence-electron chi connectivity index (χ1n) is 4.83. The molecule has 0 aromatic carbocycles. The van der Waals surface area contributed by atoms with E-state index in [2.05, 4.69) is 12.2 Å². The summed E-state index contributed by atoms with van der Waals surface area (Å²) in [6, 6.07) is 0. The number of rotatable bonds is 4. The first kappa shape index (κ1) is 12.8. The third kappa shape index (κ3) is 6.88. The van der Waals surface area contributed by atoms with E-state index in [1.807, 2.05) is 20.8 Å². The van der Waals surface area contributed by atoms with Gasteiger partial charge in [0.1, 0.15) is 5.38 Å². The maximum Gasteiger partial charge on any atom is 0.238 e. The van der Waals surface area contributed by atoms with E-state index in [0.29, 0.717) is 0 Å². The Kier molecular flexibility index (Phi) is 5.38. The molecule has 0 aromatic rings. The van der Waals surface area contributed by atoms with E-state index in [0.717, 1.165) is 19.3 Å². The largest absolute Gasteiger partial charge is 0.350 e. The highest BCUT2D eigenvalue weighted by atomic mass is 35.5. The maximum absolute atomic E-state index is 11.4. The summed E-state index contributed by atoms with van der Waals surface area (Å²) >= 11 is 5.90. The third-order valence-corrected chi connectivity index (χ3v) is 2.01. The lowest BCUT2D eigenvalue weighted by Gasteiger charge is -2.22. The summed E-state index contributed by atoms with van der Waals surface area (Å²) in [6.45, 7) is 7.95. The fourth-order valence-electron chi connectivity index (χ4n) is 0.962. The van der Waals surface area contributed by atoms with Gasteiger partial charge >= 0.3 is 0 Å². The number of carbonyl (C=O) groups is 1. The molecular weight excluding hydrogens is 186 g/mol. The second-order valence-electron chi connectivity index (χ2n) is 4.35. The van der Waals surface area contributed by atoms with Crippen LogP contribution < -0.4 is 5.32 Å². The molecule has 0 aliphatic carbocycles. The Morgan fingerprint density at radius 2 is 2.00 bits per heavy atom. The zero-order valence-electron chi connectivity index (χ0n) is 8.98. The topological polar surface area (TPSA) is 29.1 Å². The Labute approximate surface area is 86.0 Å². The van der Waals surface area contributed by atoms with Gasteiger partial charge in [-0.25, -0.2) is 0 Å². The highest BCUT2D eigenvalue weighted by Gasteiger charge is 2.19. The number of hydrogen-bond acceptors (Lipinski definition) is 1. The molecule has 0 spiro atoms. The fraction of sp³-hybridized carbons (Fsp3) is 0.900. The molecule has 0 saturated heterocycles. The summed E-state index contributed by atoms with van der Waals surface area (Å²) < 4.78 is 0. The minimum Gasteiger partial charge on any atom is -0.350 e. The molecule has 0 aromatic heterocycles. The van der Waals surface area contributed by atoms with Crippen LogP contribution in [0.1, 0.15) is 47.0 Å². The van der Waals surface area contributed by atoms with Crippen LogP contribution in [0.4, 0.5) is 0 Å². The number of hydrogen-bond donors (Lipinski definition) is 1. The quantitative estimate of drug-likeness (QED) is 0.703. The molecule has 1 amide bonds. The molecule has 0 heterocycles. The van der Waals surface area contributed by atoms with Crippen LogP contribution in [0.25, 0.3) is 0 Å². The van der Waals surface area contributed by atoms with Crippen molar-refractivity contribution in [2.24, 2.45) is 0 Å². The summed E-state index contributed by atoms with van der Waals surface area (Å²) in [5, 5.41) is 2.48. The molecule has 0 bridgehead atoms. The van der Waals surface area contributed by atoms with Gasteiger partial charge in [-0.05, 0) is 27.2 Å². The number of nitrogens with one attached hydrogen (secondary N) is 1. The van der Waals surface area contributed by atoms with Gasteiger partial charge in [-0.3, -0.25) is 4.79 Å². The lowest BCUT2D eigenvalue weighted by Crippen LogP contribution is -2.44. The minimum absolute atomic E-state index is 0.0531. The fourth-order valence-corrected chi connectivity index (χ4v) is 1.17. The lowest BCUT2D eigenvalue weighted by atomic mass is 10.1. The number of carbonyl (C=O) groups excluding carboxylic acids is 1. The van der Waals surface area contributed by atoms with E-state index in [-0.39, 0.29) is 16.8 Å². The summed E-state index contributed by atoms with van der Waals surface area (Å²) in [4.78, 5) is 11.4. The van der Waals surface area contributed by atoms with E-state index in [4.69, 9.17) is 11.6 Å². The van der Waals surface area contributed by atoms with Gasteiger partial charge in [-0.1, -0.05) is 19.8 Å². The van der Waals surface area contributed by atoms with E-state index < -0.39 is 0 Å². The van der Waals surface area contributed by atoms with Gasteiger partial charge in [-0.2, -0.15) is 0 Å². The monoisotopic (exact) mass is 205 g/mol. The van der Waals surface area contributed by atoms with Gasteiger partial charge in [0.15, 0.2) is 0 Å². The molecule has 2 nitrogen and oxygen atoms in total. The van der Waals surface area contributed by atoms with Crippen LogP contribution in [0.5, 0.6) is 0 Å². The summed E-state index contributed by atoms with van der Waals surface area (Å²) in [5.74, 6) is -0.0531. The van der Waals surface area contributed by atoms with Gasteiger partial charge < -0.3 is 5.32 Å². The van der Waals surface area contributed by atoms with Crippen molar-refractivity contribution in [2.75, 3.05) is 0 Å². The molecule has 3 heteroatoms. The number of halogens is 1. The molecule has 0 aliphatic rings. The standard InChI is InChI=1S/C10H20ClNO/c1-5-6-7-8(11)9(13)12-10(2,3)4/h8H,5-7H2,1-4H3,(H,12,13). The predicted octanol–water partition coefficient (Wildman–Crippen LogP) is 2.70. The van der Waals surface area contributed by atoms with Crippen LogP contribution >= 0.6 is 11.6 Å². The van der Waals surface area contributed by atoms with Gasteiger partial charge in [-0.15, -0.1) is 11.6 Å². The number of alkyl halides is 1. The Hall–Kier alpha value is -0.240. The number of unbranched alkanes of at least 4 members (excludes halogenated alkanes) is 1. The predicted molar refractivity (Wildman–Crippen MR) is 57.1 cm³/mol. The Bertz CT molecular complexity index is 163. The summed E-state index contributed by atoms with van der Waals surface area (Å²) in [5.41, 5.74) is -0.184. The average Bonchev–Trinajstić information content (AvgIpc) is 1.96. The molecule has 0 rings (SSSR count). The molecule has 0 radical (unpaired) electrons. The first-order chi connectivity index (χ1) is 5.87.